The van der Waals surface area contributed by atoms with Crippen molar-refractivity contribution in [2.45, 2.75) is 59.6 Å². The summed E-state index contributed by atoms with van der Waals surface area (Å²) in [5.74, 6) is 1.21. The van der Waals surface area contributed by atoms with Crippen LogP contribution in [-0.4, -0.2) is 12.0 Å². The number of hydrogen-bond acceptors (Lipinski definition) is 2. The third kappa shape index (κ3) is 5.62. The van der Waals surface area contributed by atoms with Gasteiger partial charge in [0.2, 0.25) is 0 Å². The van der Waals surface area contributed by atoms with Crippen molar-refractivity contribution < 1.29 is 9.53 Å². The van der Waals surface area contributed by atoms with E-state index in [1.54, 1.807) is 0 Å². The molecule has 0 fully saturated rings. The van der Waals surface area contributed by atoms with E-state index in [0.29, 0.717) is 12.3 Å². The SMILES string of the molecule is CC[C@H](Oc1ccc(C)cc1C)C(=O)N[C@@H](CC(C)C)c1ccccc1. The van der Waals surface area contributed by atoms with E-state index < -0.39 is 6.10 Å². The average Bonchev–Trinajstić information content (AvgIpc) is 2.61. The Kier molecular flexibility index (Phi) is 7.26. The summed E-state index contributed by atoms with van der Waals surface area (Å²) >= 11 is 0. The first-order valence-electron chi connectivity index (χ1n) is 9.50. The van der Waals surface area contributed by atoms with Gasteiger partial charge in [-0.1, -0.05) is 68.8 Å². The van der Waals surface area contributed by atoms with Crippen molar-refractivity contribution in [1.29, 1.82) is 0 Å². The fourth-order valence-electron chi connectivity index (χ4n) is 3.11. The van der Waals surface area contributed by atoms with E-state index >= 15 is 0 Å². The first-order valence-corrected chi connectivity index (χ1v) is 9.50. The maximum Gasteiger partial charge on any atom is 0.261 e. The van der Waals surface area contributed by atoms with E-state index in [9.17, 15) is 4.79 Å². The minimum atomic E-state index is -0.491. The fourth-order valence-corrected chi connectivity index (χ4v) is 3.11. The molecule has 0 heterocycles. The lowest BCUT2D eigenvalue weighted by atomic mass is 9.96. The number of carbonyl (C=O) groups excluding carboxylic acids is 1. The van der Waals surface area contributed by atoms with Gasteiger partial charge in [0.15, 0.2) is 6.10 Å². The highest BCUT2D eigenvalue weighted by atomic mass is 16.5. The van der Waals surface area contributed by atoms with Gasteiger partial charge in [-0.25, -0.2) is 0 Å². The molecule has 1 amide bonds. The van der Waals surface area contributed by atoms with Crippen LogP contribution >= 0.6 is 0 Å². The lowest BCUT2D eigenvalue weighted by molar-refractivity contribution is -0.129. The van der Waals surface area contributed by atoms with Gasteiger partial charge in [0.05, 0.1) is 6.04 Å². The normalized spacial score (nSPS) is 13.3. The number of nitrogens with one attached hydrogen (secondary N) is 1. The molecule has 0 aliphatic carbocycles. The Bertz CT molecular complexity index is 709. The molecular formula is C23H31NO2. The van der Waals surface area contributed by atoms with E-state index in [2.05, 4.69) is 44.3 Å². The molecule has 3 heteroatoms. The average molecular weight is 354 g/mol. The van der Waals surface area contributed by atoms with Gasteiger partial charge in [0.1, 0.15) is 5.75 Å². The number of hydrogen-bond donors (Lipinski definition) is 1. The van der Waals surface area contributed by atoms with Crippen LogP contribution in [0.25, 0.3) is 0 Å². The van der Waals surface area contributed by atoms with Crippen LogP contribution in [0.2, 0.25) is 0 Å². The minimum absolute atomic E-state index is 0.000430. The first-order chi connectivity index (χ1) is 12.4. The number of ether oxygens (including phenoxy) is 1. The molecule has 26 heavy (non-hydrogen) atoms. The van der Waals surface area contributed by atoms with Crippen molar-refractivity contribution >= 4 is 5.91 Å². The molecule has 0 saturated carbocycles. The Morgan fingerprint density at radius 3 is 2.35 bits per heavy atom. The Morgan fingerprint density at radius 2 is 1.77 bits per heavy atom. The zero-order valence-corrected chi connectivity index (χ0v) is 16.6. The predicted molar refractivity (Wildman–Crippen MR) is 107 cm³/mol. The summed E-state index contributed by atoms with van der Waals surface area (Å²) in [7, 11) is 0. The van der Waals surface area contributed by atoms with Gasteiger partial charge in [-0.3, -0.25) is 4.79 Å². The number of amides is 1. The fraction of sp³-hybridized carbons (Fsp3) is 0.435. The molecule has 2 atom stereocenters. The molecule has 0 saturated heterocycles. The van der Waals surface area contributed by atoms with Gasteiger partial charge in [0.25, 0.3) is 5.91 Å². The molecule has 0 radical (unpaired) electrons. The zero-order chi connectivity index (χ0) is 19.1. The van der Waals surface area contributed by atoms with Crippen LogP contribution in [0.4, 0.5) is 0 Å². The minimum Gasteiger partial charge on any atom is -0.480 e. The maximum atomic E-state index is 12.9. The molecule has 0 aliphatic rings. The molecule has 1 N–H and O–H groups in total. The van der Waals surface area contributed by atoms with Crippen molar-refractivity contribution in [3.8, 4) is 5.75 Å². The van der Waals surface area contributed by atoms with E-state index in [-0.39, 0.29) is 11.9 Å². The van der Waals surface area contributed by atoms with Crippen LogP contribution in [0.3, 0.4) is 0 Å². The van der Waals surface area contributed by atoms with Crippen LogP contribution in [0.5, 0.6) is 5.75 Å². The van der Waals surface area contributed by atoms with Crippen LogP contribution in [0, 0.1) is 19.8 Å². The lowest BCUT2D eigenvalue weighted by Gasteiger charge is -2.25. The van der Waals surface area contributed by atoms with Gasteiger partial charge in [-0.2, -0.15) is 0 Å². The van der Waals surface area contributed by atoms with Crippen LogP contribution in [0.15, 0.2) is 48.5 Å². The summed E-state index contributed by atoms with van der Waals surface area (Å²) < 4.78 is 6.04. The van der Waals surface area contributed by atoms with E-state index in [0.717, 1.165) is 23.3 Å². The summed E-state index contributed by atoms with van der Waals surface area (Å²) in [4.78, 5) is 12.9. The molecule has 0 unspecified atom stereocenters. The van der Waals surface area contributed by atoms with Gasteiger partial charge < -0.3 is 10.1 Å². The Morgan fingerprint density at radius 1 is 1.08 bits per heavy atom. The molecule has 2 aromatic carbocycles. The molecule has 0 spiro atoms. The van der Waals surface area contributed by atoms with Crippen molar-refractivity contribution in [3.05, 3.63) is 65.2 Å². The summed E-state index contributed by atoms with van der Waals surface area (Å²) in [6, 6.07) is 16.2. The molecule has 0 aromatic heterocycles. The third-order valence-electron chi connectivity index (χ3n) is 4.49. The molecule has 0 bridgehead atoms. The quantitative estimate of drug-likeness (QED) is 0.693. The largest absolute Gasteiger partial charge is 0.480 e. The van der Waals surface area contributed by atoms with E-state index in [4.69, 9.17) is 4.74 Å². The monoisotopic (exact) mass is 353 g/mol. The molecule has 140 valence electrons. The standard InChI is InChI=1S/C23H31NO2/c1-6-21(26-22-13-12-17(4)15-18(22)5)23(25)24-20(14-16(2)3)19-10-8-7-9-11-19/h7-13,15-16,20-21H,6,14H2,1-5H3,(H,24,25)/t20-,21-/m0/s1. The summed E-state index contributed by atoms with van der Waals surface area (Å²) in [5, 5.41) is 3.20. The number of aryl methyl sites for hydroxylation is 2. The molecule has 0 aliphatic heterocycles. The third-order valence-corrected chi connectivity index (χ3v) is 4.49. The topological polar surface area (TPSA) is 38.3 Å². The highest BCUT2D eigenvalue weighted by Crippen LogP contribution is 2.23. The second-order valence-corrected chi connectivity index (χ2v) is 7.39. The Hall–Kier alpha value is -2.29. The lowest BCUT2D eigenvalue weighted by Crippen LogP contribution is -2.40. The molecule has 2 aromatic rings. The Labute approximate surface area is 157 Å². The summed E-state index contributed by atoms with van der Waals surface area (Å²) in [5.41, 5.74) is 3.38. The number of rotatable bonds is 8. The highest BCUT2D eigenvalue weighted by Gasteiger charge is 2.23. The van der Waals surface area contributed by atoms with Gasteiger partial charge >= 0.3 is 0 Å². The van der Waals surface area contributed by atoms with E-state index in [1.165, 1.54) is 5.56 Å². The summed E-state index contributed by atoms with van der Waals surface area (Å²) in [6.07, 6.45) is 1.03. The van der Waals surface area contributed by atoms with Crippen LogP contribution in [-0.2, 0) is 4.79 Å². The van der Waals surface area contributed by atoms with Crippen molar-refractivity contribution in [2.24, 2.45) is 5.92 Å². The van der Waals surface area contributed by atoms with Crippen molar-refractivity contribution in [1.82, 2.24) is 5.32 Å². The Balaban J connectivity index is 2.12. The summed E-state index contributed by atoms with van der Waals surface area (Å²) in [6.45, 7) is 10.4. The van der Waals surface area contributed by atoms with Gasteiger partial charge in [-0.15, -0.1) is 0 Å². The van der Waals surface area contributed by atoms with Gasteiger partial charge in [-0.05, 0) is 49.8 Å². The van der Waals surface area contributed by atoms with Crippen molar-refractivity contribution in [3.63, 3.8) is 0 Å². The highest BCUT2D eigenvalue weighted by molar-refractivity contribution is 5.81. The molecular weight excluding hydrogens is 322 g/mol. The second kappa shape index (κ2) is 9.42. The number of carbonyl (C=O) groups is 1. The maximum absolute atomic E-state index is 12.9. The molecule has 2 rings (SSSR count). The van der Waals surface area contributed by atoms with Crippen molar-refractivity contribution in [2.75, 3.05) is 0 Å². The zero-order valence-electron chi connectivity index (χ0n) is 16.6. The predicted octanol–water partition coefficient (Wildman–Crippen LogP) is 5.36. The first kappa shape index (κ1) is 20.0. The molecule has 3 nitrogen and oxygen atoms in total. The smallest absolute Gasteiger partial charge is 0.261 e. The van der Waals surface area contributed by atoms with Crippen LogP contribution < -0.4 is 10.1 Å². The number of benzene rings is 2. The van der Waals surface area contributed by atoms with E-state index in [1.807, 2.05) is 44.2 Å². The second-order valence-electron chi connectivity index (χ2n) is 7.39. The van der Waals surface area contributed by atoms with Crippen LogP contribution in [0.1, 0.15) is 56.3 Å². The van der Waals surface area contributed by atoms with Gasteiger partial charge in [0, 0.05) is 0 Å².